The second-order valence-electron chi connectivity index (χ2n) is 9.64. The van der Waals surface area contributed by atoms with E-state index in [2.05, 4.69) is 11.0 Å². The van der Waals surface area contributed by atoms with E-state index in [0.717, 1.165) is 42.1 Å². The average molecular weight is 489 g/mol. The molecule has 1 heterocycles. The number of hydrogen-bond acceptors (Lipinski definition) is 5. The zero-order valence-corrected chi connectivity index (χ0v) is 20.8. The van der Waals surface area contributed by atoms with E-state index in [1.54, 1.807) is 13.0 Å². The van der Waals surface area contributed by atoms with E-state index < -0.39 is 0 Å². The van der Waals surface area contributed by atoms with Crippen LogP contribution >= 0.6 is 0 Å². The summed E-state index contributed by atoms with van der Waals surface area (Å²) in [5.74, 6) is 0.880. The zero-order valence-electron chi connectivity index (χ0n) is 20.8. The Labute approximate surface area is 212 Å². The van der Waals surface area contributed by atoms with Crippen molar-refractivity contribution >= 4 is 11.7 Å². The lowest BCUT2D eigenvalue weighted by molar-refractivity contribution is -0.142. The number of halogens is 1. The van der Waals surface area contributed by atoms with Gasteiger partial charge in [0.1, 0.15) is 18.2 Å². The molecule has 0 bridgehead atoms. The summed E-state index contributed by atoms with van der Waals surface area (Å²) < 4.78 is 26.7. The van der Waals surface area contributed by atoms with Crippen LogP contribution in [0.2, 0.25) is 0 Å². The van der Waals surface area contributed by atoms with E-state index in [1.165, 1.54) is 24.1 Å². The van der Waals surface area contributed by atoms with Crippen molar-refractivity contribution in [3.63, 3.8) is 0 Å². The van der Waals surface area contributed by atoms with Crippen molar-refractivity contribution in [3.8, 4) is 16.9 Å². The predicted molar refractivity (Wildman–Crippen MR) is 139 cm³/mol. The first-order valence-corrected chi connectivity index (χ1v) is 12.8. The van der Waals surface area contributed by atoms with Gasteiger partial charge in [-0.05, 0) is 67.0 Å². The van der Waals surface area contributed by atoms with Gasteiger partial charge in [0.15, 0.2) is 0 Å². The monoisotopic (exact) mass is 488 g/mol. The molecule has 6 heteroatoms. The van der Waals surface area contributed by atoms with Gasteiger partial charge in [0.05, 0.1) is 13.0 Å². The molecule has 0 unspecified atom stereocenters. The van der Waals surface area contributed by atoms with E-state index in [0.29, 0.717) is 30.1 Å². The molecule has 0 radical (unpaired) electrons. The van der Waals surface area contributed by atoms with Crippen molar-refractivity contribution in [2.75, 3.05) is 24.6 Å². The number of benzene rings is 3. The number of nitrogens with two attached hydrogens (primary N) is 1. The first-order chi connectivity index (χ1) is 17.6. The lowest BCUT2D eigenvalue weighted by Gasteiger charge is -2.21. The van der Waals surface area contributed by atoms with Gasteiger partial charge >= 0.3 is 5.97 Å². The van der Waals surface area contributed by atoms with Crippen molar-refractivity contribution in [1.29, 1.82) is 0 Å². The van der Waals surface area contributed by atoms with Gasteiger partial charge in [0.2, 0.25) is 0 Å². The number of fused-ring (bicyclic) bond motifs is 1. The maximum atomic E-state index is 15.4. The molecular formula is C30H33FN2O3. The minimum atomic E-state index is -0.278. The minimum Gasteiger partial charge on any atom is -0.489 e. The van der Waals surface area contributed by atoms with Gasteiger partial charge in [-0.3, -0.25) is 4.79 Å². The Morgan fingerprint density at radius 1 is 1.08 bits per heavy atom. The van der Waals surface area contributed by atoms with Crippen molar-refractivity contribution in [2.45, 2.75) is 45.8 Å². The molecule has 0 amide bonds. The normalized spacial score (nSPS) is 14.6. The standard InChI is InChI=1S/C30H33FN2O3/c1-2-35-29(34)16-22-6-3-4-9-28(22)36-19-21-14-26(25-8-5-7-23(17-32)30(25)31)24-12-13-33(27(24)15-21)18-20-10-11-20/h3-9,14-15,20H,2,10-13,16-19,32H2,1H3. The minimum absolute atomic E-state index is 0.158. The summed E-state index contributed by atoms with van der Waals surface area (Å²) in [4.78, 5) is 14.5. The van der Waals surface area contributed by atoms with Crippen LogP contribution < -0.4 is 15.4 Å². The van der Waals surface area contributed by atoms with E-state index >= 15 is 4.39 Å². The van der Waals surface area contributed by atoms with Crippen LogP contribution in [0.25, 0.3) is 11.1 Å². The molecule has 0 saturated heterocycles. The quantitative estimate of drug-likeness (QED) is 0.387. The van der Waals surface area contributed by atoms with Crippen molar-refractivity contribution in [3.05, 3.63) is 82.7 Å². The maximum absolute atomic E-state index is 15.4. The Kier molecular flexibility index (Phi) is 7.23. The van der Waals surface area contributed by atoms with Crippen LogP contribution in [-0.2, 0) is 35.5 Å². The average Bonchev–Trinajstić information content (AvgIpc) is 3.61. The Morgan fingerprint density at radius 3 is 2.67 bits per heavy atom. The molecule has 0 atom stereocenters. The summed E-state index contributed by atoms with van der Waals surface area (Å²) in [6.45, 7) is 4.61. The third-order valence-electron chi connectivity index (χ3n) is 7.03. The summed E-state index contributed by atoms with van der Waals surface area (Å²) in [5.41, 5.74) is 11.9. The molecule has 1 aliphatic carbocycles. The number of para-hydroxylation sites is 1. The number of esters is 1. The third kappa shape index (κ3) is 5.24. The molecule has 2 aliphatic rings. The zero-order chi connectivity index (χ0) is 25.1. The fraction of sp³-hybridized carbons (Fsp3) is 0.367. The van der Waals surface area contributed by atoms with Gasteiger partial charge in [-0.15, -0.1) is 0 Å². The first kappa shape index (κ1) is 24.3. The van der Waals surface area contributed by atoms with Crippen LogP contribution in [0.5, 0.6) is 5.75 Å². The number of nitrogens with zero attached hydrogens (tertiary/aromatic N) is 1. The first-order valence-electron chi connectivity index (χ1n) is 12.8. The summed E-state index contributed by atoms with van der Waals surface area (Å²) >= 11 is 0. The van der Waals surface area contributed by atoms with Crippen LogP contribution in [0, 0.1) is 11.7 Å². The van der Waals surface area contributed by atoms with Crippen LogP contribution in [0.4, 0.5) is 10.1 Å². The topological polar surface area (TPSA) is 64.8 Å². The van der Waals surface area contributed by atoms with Crippen molar-refractivity contribution in [1.82, 2.24) is 0 Å². The van der Waals surface area contributed by atoms with Gasteiger partial charge in [-0.1, -0.05) is 36.4 Å². The fourth-order valence-electron chi connectivity index (χ4n) is 5.02. The van der Waals surface area contributed by atoms with Crippen LogP contribution in [0.15, 0.2) is 54.6 Å². The van der Waals surface area contributed by atoms with Gasteiger partial charge in [-0.2, -0.15) is 0 Å². The molecule has 0 spiro atoms. The van der Waals surface area contributed by atoms with Gasteiger partial charge < -0.3 is 20.1 Å². The molecule has 1 fully saturated rings. The molecular weight excluding hydrogens is 455 g/mol. The number of hydrogen-bond donors (Lipinski definition) is 1. The molecule has 36 heavy (non-hydrogen) atoms. The highest BCUT2D eigenvalue weighted by atomic mass is 19.1. The highest BCUT2D eigenvalue weighted by Gasteiger charge is 2.30. The van der Waals surface area contributed by atoms with Crippen molar-refractivity contribution in [2.24, 2.45) is 11.7 Å². The number of ether oxygens (including phenoxy) is 2. The molecule has 2 N–H and O–H groups in total. The molecule has 1 saturated carbocycles. The van der Waals surface area contributed by atoms with E-state index in [4.69, 9.17) is 15.2 Å². The molecule has 1 aliphatic heterocycles. The van der Waals surface area contributed by atoms with Crippen LogP contribution in [0.3, 0.4) is 0 Å². The summed E-state index contributed by atoms with van der Waals surface area (Å²) in [6.07, 6.45) is 3.62. The molecule has 5 nitrogen and oxygen atoms in total. The summed E-state index contributed by atoms with van der Waals surface area (Å²) in [7, 11) is 0. The second-order valence-corrected chi connectivity index (χ2v) is 9.64. The van der Waals surface area contributed by atoms with E-state index in [1.807, 2.05) is 42.5 Å². The third-order valence-corrected chi connectivity index (χ3v) is 7.03. The Morgan fingerprint density at radius 2 is 1.89 bits per heavy atom. The summed E-state index contributed by atoms with van der Waals surface area (Å²) in [5, 5.41) is 0. The molecule has 3 aromatic carbocycles. The Hall–Kier alpha value is -3.38. The SMILES string of the molecule is CCOC(=O)Cc1ccccc1OCc1cc(-c2cccc(CN)c2F)c2c(c1)N(CC1CC1)CC2. The summed E-state index contributed by atoms with van der Waals surface area (Å²) in [6, 6.07) is 17.2. The highest BCUT2D eigenvalue weighted by molar-refractivity contribution is 5.78. The molecule has 0 aromatic heterocycles. The number of rotatable bonds is 10. The van der Waals surface area contributed by atoms with Crippen molar-refractivity contribution < 1.29 is 18.7 Å². The van der Waals surface area contributed by atoms with E-state index in [-0.39, 0.29) is 24.8 Å². The lowest BCUT2D eigenvalue weighted by atomic mass is 9.93. The molecule has 5 rings (SSSR count). The number of carbonyl (C=O) groups excluding carboxylic acids is 1. The maximum Gasteiger partial charge on any atom is 0.310 e. The fourth-order valence-corrected chi connectivity index (χ4v) is 5.02. The number of anilines is 1. The Balaban J connectivity index is 1.47. The second kappa shape index (κ2) is 10.7. The van der Waals surface area contributed by atoms with Crippen LogP contribution in [-0.4, -0.2) is 25.7 Å². The lowest BCUT2D eigenvalue weighted by Crippen LogP contribution is -2.23. The predicted octanol–water partition coefficient (Wildman–Crippen LogP) is 5.41. The van der Waals surface area contributed by atoms with Gasteiger partial charge in [0.25, 0.3) is 0 Å². The number of carbonyl (C=O) groups is 1. The smallest absolute Gasteiger partial charge is 0.310 e. The highest BCUT2D eigenvalue weighted by Crippen LogP contribution is 2.41. The Bertz CT molecular complexity index is 1250. The molecule has 188 valence electrons. The largest absolute Gasteiger partial charge is 0.489 e. The van der Waals surface area contributed by atoms with Crippen LogP contribution in [0.1, 0.15) is 42.0 Å². The molecule has 3 aromatic rings. The van der Waals surface area contributed by atoms with Gasteiger partial charge in [0, 0.05) is 42.0 Å². The van der Waals surface area contributed by atoms with Gasteiger partial charge in [-0.25, -0.2) is 4.39 Å². The van der Waals surface area contributed by atoms with E-state index in [9.17, 15) is 4.79 Å².